The minimum Gasteiger partial charge on any atom is -0.374 e. The number of amidine groups is 1. The standard InChI is InChI=1S/C26H37N3O.C2H6/c1-7-28-24(29-8-2)16-22(18(3)4)26(21-11-9-10-14-27-17-21)25-20(6)15-19(5)12-13-23(25)30;1-2/h9,11,14,17,19H,3,7-8,10,12-13,15-16H2,1-2,4-6H3,(H,28,29);1-2H3/b26-22-;. The molecule has 4 heteroatoms. The van der Waals surface area contributed by atoms with Crippen molar-refractivity contribution in [1.29, 1.82) is 0 Å². The molecule has 1 atom stereocenters. The molecule has 4 nitrogen and oxygen atoms in total. The lowest BCUT2D eigenvalue weighted by atomic mass is 9.83. The topological polar surface area (TPSA) is 53.8 Å². The third-order valence-corrected chi connectivity index (χ3v) is 5.51. The Morgan fingerprint density at radius 2 is 2.03 bits per heavy atom. The number of ketones is 1. The molecule has 0 aromatic rings. The Balaban J connectivity index is 0.00000249. The summed E-state index contributed by atoms with van der Waals surface area (Å²) in [5, 5.41) is 3.39. The van der Waals surface area contributed by atoms with E-state index >= 15 is 0 Å². The van der Waals surface area contributed by atoms with Crippen LogP contribution in [-0.4, -0.2) is 30.9 Å². The van der Waals surface area contributed by atoms with Gasteiger partial charge in [0.1, 0.15) is 5.84 Å². The first-order valence-corrected chi connectivity index (χ1v) is 12.2. The molecule has 2 aliphatic rings. The number of hydrogen-bond acceptors (Lipinski definition) is 3. The molecular weight excluding hydrogens is 394 g/mol. The average molecular weight is 438 g/mol. The van der Waals surface area contributed by atoms with E-state index in [2.05, 4.69) is 54.8 Å². The van der Waals surface area contributed by atoms with Crippen LogP contribution in [0, 0.1) is 5.92 Å². The van der Waals surface area contributed by atoms with Gasteiger partial charge in [0.2, 0.25) is 0 Å². The van der Waals surface area contributed by atoms with Gasteiger partial charge in [-0.15, -0.1) is 0 Å². The van der Waals surface area contributed by atoms with Gasteiger partial charge in [0.05, 0.1) is 0 Å². The first kappa shape index (κ1) is 27.5. The summed E-state index contributed by atoms with van der Waals surface area (Å²) >= 11 is 0. The molecule has 176 valence electrons. The largest absolute Gasteiger partial charge is 0.374 e. The Morgan fingerprint density at radius 1 is 1.31 bits per heavy atom. The molecule has 0 radical (unpaired) electrons. The van der Waals surface area contributed by atoms with Crippen molar-refractivity contribution in [3.8, 4) is 0 Å². The second-order valence-electron chi connectivity index (χ2n) is 8.24. The second kappa shape index (κ2) is 14.5. The minimum atomic E-state index is 0.227. The van der Waals surface area contributed by atoms with E-state index in [1.165, 1.54) is 5.57 Å². The number of carbonyl (C=O) groups is 1. The maximum atomic E-state index is 13.3. The number of carbonyl (C=O) groups excluding carboxylic acids is 1. The second-order valence-corrected chi connectivity index (χ2v) is 8.24. The van der Waals surface area contributed by atoms with Crippen molar-refractivity contribution in [1.82, 2.24) is 5.32 Å². The lowest BCUT2D eigenvalue weighted by molar-refractivity contribution is -0.115. The molecule has 32 heavy (non-hydrogen) atoms. The highest BCUT2D eigenvalue weighted by atomic mass is 16.1. The summed E-state index contributed by atoms with van der Waals surface area (Å²) in [7, 11) is 0. The predicted molar refractivity (Wildman–Crippen MR) is 141 cm³/mol. The summed E-state index contributed by atoms with van der Waals surface area (Å²) in [6, 6.07) is 0. The molecule has 1 aliphatic carbocycles. The maximum absolute atomic E-state index is 13.3. The van der Waals surface area contributed by atoms with E-state index in [1.54, 1.807) is 0 Å². The summed E-state index contributed by atoms with van der Waals surface area (Å²) in [6.45, 7) is 20.3. The van der Waals surface area contributed by atoms with Crippen molar-refractivity contribution < 1.29 is 4.79 Å². The Morgan fingerprint density at radius 3 is 2.66 bits per heavy atom. The van der Waals surface area contributed by atoms with Crippen LogP contribution >= 0.6 is 0 Å². The molecule has 0 aromatic heterocycles. The van der Waals surface area contributed by atoms with Crippen LogP contribution in [0.25, 0.3) is 0 Å². The molecule has 2 rings (SSSR count). The van der Waals surface area contributed by atoms with E-state index in [-0.39, 0.29) is 5.78 Å². The number of hydrogen-bond donors (Lipinski definition) is 1. The number of Topliss-reactive ketones (excluding diaryl/α,β-unsaturated/α-hetero) is 1. The molecule has 1 aliphatic heterocycles. The molecule has 0 saturated heterocycles. The van der Waals surface area contributed by atoms with Gasteiger partial charge in [0, 0.05) is 55.9 Å². The molecule has 0 saturated carbocycles. The Bertz CT molecular complexity index is 850. The van der Waals surface area contributed by atoms with Crippen molar-refractivity contribution in [2.24, 2.45) is 15.9 Å². The van der Waals surface area contributed by atoms with Crippen molar-refractivity contribution in [2.45, 2.75) is 80.6 Å². The lowest BCUT2D eigenvalue weighted by Crippen LogP contribution is -2.25. The molecule has 1 unspecified atom stereocenters. The SMILES string of the molecule is C=C(C)/C(CC(=NCC)NCC)=C(/C1=CN=CCC=C1)C1=C(C)CC(C)CCC1=O.CC. The Labute approximate surface area is 196 Å². The van der Waals surface area contributed by atoms with Crippen molar-refractivity contribution >= 4 is 17.8 Å². The van der Waals surface area contributed by atoms with E-state index in [9.17, 15) is 4.79 Å². The number of nitrogens with one attached hydrogen (secondary N) is 1. The Hall–Kier alpha value is -2.49. The van der Waals surface area contributed by atoms with Crippen molar-refractivity contribution in [2.75, 3.05) is 13.1 Å². The van der Waals surface area contributed by atoms with Crippen molar-refractivity contribution in [3.05, 3.63) is 58.4 Å². The zero-order chi connectivity index (χ0) is 24.1. The van der Waals surface area contributed by atoms with Gasteiger partial charge in [-0.1, -0.05) is 50.6 Å². The maximum Gasteiger partial charge on any atom is 0.163 e. The number of rotatable bonds is 7. The van der Waals surface area contributed by atoms with E-state index in [0.29, 0.717) is 25.3 Å². The average Bonchev–Trinajstić information content (AvgIpc) is 3.10. The first-order valence-electron chi connectivity index (χ1n) is 12.2. The van der Waals surface area contributed by atoms with E-state index in [1.807, 2.05) is 40.1 Å². The Kier molecular flexibility index (Phi) is 12.5. The fourth-order valence-corrected chi connectivity index (χ4v) is 4.12. The molecule has 1 heterocycles. The summed E-state index contributed by atoms with van der Waals surface area (Å²) in [5.74, 6) is 1.67. The summed E-state index contributed by atoms with van der Waals surface area (Å²) < 4.78 is 0. The monoisotopic (exact) mass is 437 g/mol. The van der Waals surface area contributed by atoms with Gasteiger partial charge in [-0.05, 0) is 57.6 Å². The molecule has 0 aromatic carbocycles. The van der Waals surface area contributed by atoms with Crippen LogP contribution in [0.5, 0.6) is 0 Å². The summed E-state index contributed by atoms with van der Waals surface area (Å²) in [5.41, 5.74) is 6.01. The molecule has 1 N–H and O–H groups in total. The third kappa shape index (κ3) is 7.89. The van der Waals surface area contributed by atoms with E-state index in [0.717, 1.165) is 59.5 Å². The molecule has 0 fully saturated rings. The van der Waals surface area contributed by atoms with Crippen molar-refractivity contribution in [3.63, 3.8) is 0 Å². The quantitative estimate of drug-likeness (QED) is 0.267. The van der Waals surface area contributed by atoms with Gasteiger partial charge in [0.15, 0.2) is 5.78 Å². The van der Waals surface area contributed by atoms with Crippen LogP contribution in [0.2, 0.25) is 0 Å². The highest BCUT2D eigenvalue weighted by Crippen LogP contribution is 2.37. The van der Waals surface area contributed by atoms with Gasteiger partial charge in [0.25, 0.3) is 0 Å². The summed E-state index contributed by atoms with van der Waals surface area (Å²) in [4.78, 5) is 22.5. The summed E-state index contributed by atoms with van der Waals surface area (Å²) in [6.07, 6.45) is 11.8. The van der Waals surface area contributed by atoms with Gasteiger partial charge >= 0.3 is 0 Å². The normalized spacial score (nSPS) is 20.0. The van der Waals surface area contributed by atoms with Crippen LogP contribution < -0.4 is 5.32 Å². The minimum absolute atomic E-state index is 0.227. The van der Waals surface area contributed by atoms with Gasteiger partial charge in [-0.25, -0.2) is 0 Å². The van der Waals surface area contributed by atoms with Crippen LogP contribution in [-0.2, 0) is 4.79 Å². The number of aliphatic imine (C=N–C) groups is 2. The zero-order valence-corrected chi connectivity index (χ0v) is 21.3. The lowest BCUT2D eigenvalue weighted by Gasteiger charge is -2.21. The number of allylic oxidation sites excluding steroid dienone is 7. The fourth-order valence-electron chi connectivity index (χ4n) is 4.12. The smallest absolute Gasteiger partial charge is 0.163 e. The third-order valence-electron chi connectivity index (χ3n) is 5.51. The predicted octanol–water partition coefficient (Wildman–Crippen LogP) is 6.92. The number of nitrogens with zero attached hydrogens (tertiary/aromatic N) is 2. The van der Waals surface area contributed by atoms with Gasteiger partial charge in [-0.3, -0.25) is 14.8 Å². The fraction of sp³-hybridized carbons (Fsp3) is 0.536. The van der Waals surface area contributed by atoms with Crippen LogP contribution in [0.1, 0.15) is 80.6 Å². The highest BCUT2D eigenvalue weighted by Gasteiger charge is 2.27. The van der Waals surface area contributed by atoms with Crippen LogP contribution in [0.15, 0.2) is 68.4 Å². The van der Waals surface area contributed by atoms with Crippen LogP contribution in [0.4, 0.5) is 0 Å². The van der Waals surface area contributed by atoms with Gasteiger partial charge in [-0.2, -0.15) is 0 Å². The van der Waals surface area contributed by atoms with E-state index in [4.69, 9.17) is 0 Å². The highest BCUT2D eigenvalue weighted by molar-refractivity contribution is 6.03. The first-order chi connectivity index (χ1) is 15.4. The van der Waals surface area contributed by atoms with Gasteiger partial charge < -0.3 is 5.32 Å². The zero-order valence-electron chi connectivity index (χ0n) is 21.3. The van der Waals surface area contributed by atoms with Crippen LogP contribution in [0.3, 0.4) is 0 Å². The molecular formula is C28H43N3O. The molecule has 0 amide bonds. The molecule has 0 bridgehead atoms. The molecule has 0 spiro atoms. The van der Waals surface area contributed by atoms with E-state index < -0.39 is 0 Å².